The van der Waals surface area contributed by atoms with Crippen LogP contribution in [0, 0.1) is 5.95 Å². The fourth-order valence-electron chi connectivity index (χ4n) is 2.76. The number of nitrogens with one attached hydrogen (secondary N) is 1. The monoisotopic (exact) mass is 372 g/mol. The summed E-state index contributed by atoms with van der Waals surface area (Å²) in [6.07, 6.45) is 7.20. The van der Waals surface area contributed by atoms with E-state index in [1.165, 1.54) is 6.20 Å². The number of amides is 1. The number of fused-ring (bicyclic) bond motifs is 2. The molecule has 1 unspecified atom stereocenters. The lowest BCUT2D eigenvalue weighted by molar-refractivity contribution is 0.0925. The van der Waals surface area contributed by atoms with Gasteiger partial charge >= 0.3 is 0 Å². The fraction of sp³-hybridized carbons (Fsp3) is 0.176. The van der Waals surface area contributed by atoms with Gasteiger partial charge in [0.2, 0.25) is 11.7 Å². The molecule has 0 bridgehead atoms. The molecule has 0 aliphatic rings. The Labute approximate surface area is 152 Å². The Bertz CT molecular complexity index is 1090. The highest BCUT2D eigenvalue weighted by Gasteiger charge is 2.23. The van der Waals surface area contributed by atoms with Crippen LogP contribution in [0.15, 0.2) is 43.0 Å². The summed E-state index contributed by atoms with van der Waals surface area (Å²) < 4.78 is 17.4. The van der Waals surface area contributed by atoms with Gasteiger partial charge in [-0.25, -0.2) is 15.0 Å². The van der Waals surface area contributed by atoms with Gasteiger partial charge in [0.05, 0.1) is 16.8 Å². The molecule has 4 aromatic heterocycles. The molecule has 7 nitrogen and oxygen atoms in total. The van der Waals surface area contributed by atoms with Crippen LogP contribution >= 0.6 is 11.6 Å². The van der Waals surface area contributed by atoms with Gasteiger partial charge in [0.25, 0.3) is 5.91 Å². The number of nitrogens with zero attached hydrogens (tertiary/aromatic N) is 5. The van der Waals surface area contributed by atoms with Crippen LogP contribution in [0.25, 0.3) is 11.4 Å². The van der Waals surface area contributed by atoms with Crippen LogP contribution in [0.5, 0.6) is 0 Å². The number of hydrogen-bond acceptors (Lipinski definition) is 4. The number of hydrogen-bond donors (Lipinski definition) is 1. The predicted octanol–water partition coefficient (Wildman–Crippen LogP) is 3.05. The van der Waals surface area contributed by atoms with Crippen molar-refractivity contribution in [3.8, 4) is 0 Å². The topological polar surface area (TPSA) is 76.6 Å². The molecule has 9 heteroatoms. The van der Waals surface area contributed by atoms with Gasteiger partial charge in [-0.1, -0.05) is 18.5 Å². The van der Waals surface area contributed by atoms with Gasteiger partial charge in [0.15, 0.2) is 5.69 Å². The first kappa shape index (κ1) is 16.5. The average molecular weight is 373 g/mol. The Kier molecular flexibility index (Phi) is 4.04. The highest BCUT2D eigenvalue weighted by molar-refractivity contribution is 6.30. The lowest BCUT2D eigenvalue weighted by atomic mass is 10.1. The third-order valence-corrected chi connectivity index (χ3v) is 4.29. The van der Waals surface area contributed by atoms with Crippen molar-refractivity contribution in [2.45, 2.75) is 19.4 Å². The standard InChI is InChI=1S/C17H14ClFN6O/c1-2-11(12-9-24-7-3-6-20-17(24)22-12)21-16(26)14-15(19)25-8-10(18)4-5-13(25)23-14/h3-9,11H,2H2,1H3,(H,21,26). The molecule has 0 aliphatic heterocycles. The van der Waals surface area contributed by atoms with Gasteiger partial charge in [-0.3, -0.25) is 13.6 Å². The van der Waals surface area contributed by atoms with Crippen molar-refractivity contribution in [2.75, 3.05) is 0 Å². The maximum atomic E-state index is 14.5. The molecule has 0 saturated heterocycles. The summed E-state index contributed by atoms with van der Waals surface area (Å²) in [5.74, 6) is -0.838. The maximum absolute atomic E-state index is 14.5. The molecule has 0 aliphatic carbocycles. The Balaban J connectivity index is 1.64. The SMILES string of the molecule is CCC(NC(=O)c1nc2ccc(Cl)cn2c1F)c1cn2cccnc2n1. The minimum absolute atomic E-state index is 0.285. The van der Waals surface area contributed by atoms with E-state index in [4.69, 9.17) is 11.6 Å². The van der Waals surface area contributed by atoms with Gasteiger partial charge < -0.3 is 5.32 Å². The van der Waals surface area contributed by atoms with E-state index in [1.807, 2.05) is 13.1 Å². The summed E-state index contributed by atoms with van der Waals surface area (Å²) in [6, 6.07) is 4.53. The van der Waals surface area contributed by atoms with E-state index in [1.54, 1.807) is 35.0 Å². The third-order valence-electron chi connectivity index (χ3n) is 4.06. The number of carbonyl (C=O) groups excluding carboxylic acids is 1. The minimum Gasteiger partial charge on any atom is -0.342 e. The number of aromatic nitrogens is 5. The van der Waals surface area contributed by atoms with Crippen LogP contribution in [0.3, 0.4) is 0 Å². The Hall–Kier alpha value is -3.00. The average Bonchev–Trinajstić information content (AvgIpc) is 3.21. The summed E-state index contributed by atoms with van der Waals surface area (Å²) in [5, 5.41) is 3.14. The van der Waals surface area contributed by atoms with Gasteiger partial charge in [-0.05, 0) is 24.6 Å². The number of halogens is 2. The molecule has 4 aromatic rings. The highest BCUT2D eigenvalue weighted by atomic mass is 35.5. The Morgan fingerprint density at radius 1 is 1.35 bits per heavy atom. The molecule has 0 fully saturated rings. The number of carbonyl (C=O) groups is 1. The molecule has 4 heterocycles. The third kappa shape index (κ3) is 2.78. The number of imidazole rings is 2. The molecule has 4 rings (SSSR count). The van der Waals surface area contributed by atoms with Crippen LogP contribution < -0.4 is 5.32 Å². The van der Waals surface area contributed by atoms with Crippen molar-refractivity contribution in [3.63, 3.8) is 0 Å². The molecule has 0 aromatic carbocycles. The van der Waals surface area contributed by atoms with Gasteiger partial charge in [0.1, 0.15) is 5.65 Å². The van der Waals surface area contributed by atoms with Gasteiger partial charge in [0, 0.05) is 24.8 Å². The van der Waals surface area contributed by atoms with E-state index >= 15 is 0 Å². The first-order chi connectivity index (χ1) is 12.6. The van der Waals surface area contributed by atoms with E-state index in [0.29, 0.717) is 28.6 Å². The Morgan fingerprint density at radius 3 is 2.96 bits per heavy atom. The van der Waals surface area contributed by atoms with Crippen LogP contribution in [-0.2, 0) is 0 Å². The van der Waals surface area contributed by atoms with E-state index < -0.39 is 17.9 Å². The van der Waals surface area contributed by atoms with E-state index in [-0.39, 0.29) is 5.69 Å². The molecule has 1 amide bonds. The largest absolute Gasteiger partial charge is 0.342 e. The number of rotatable bonds is 4. The summed E-state index contributed by atoms with van der Waals surface area (Å²) >= 11 is 5.87. The molecular formula is C17H14ClFN6O. The zero-order valence-electron chi connectivity index (χ0n) is 13.7. The summed E-state index contributed by atoms with van der Waals surface area (Å²) in [5.41, 5.74) is 0.668. The van der Waals surface area contributed by atoms with E-state index in [2.05, 4.69) is 20.3 Å². The lowest BCUT2D eigenvalue weighted by Gasteiger charge is -2.13. The highest BCUT2D eigenvalue weighted by Crippen LogP contribution is 2.19. The van der Waals surface area contributed by atoms with Crippen molar-refractivity contribution in [3.05, 3.63) is 65.3 Å². The van der Waals surface area contributed by atoms with Crippen molar-refractivity contribution in [1.29, 1.82) is 0 Å². The van der Waals surface area contributed by atoms with Crippen LogP contribution in [0.2, 0.25) is 5.02 Å². The smallest absolute Gasteiger partial charge is 0.275 e. The van der Waals surface area contributed by atoms with Crippen molar-refractivity contribution in [2.24, 2.45) is 0 Å². The molecule has 0 radical (unpaired) electrons. The zero-order chi connectivity index (χ0) is 18.3. The summed E-state index contributed by atoms with van der Waals surface area (Å²) in [6.45, 7) is 1.90. The zero-order valence-corrected chi connectivity index (χ0v) is 14.5. The molecule has 132 valence electrons. The molecular weight excluding hydrogens is 359 g/mol. The predicted molar refractivity (Wildman–Crippen MR) is 93.6 cm³/mol. The van der Waals surface area contributed by atoms with E-state index in [9.17, 15) is 9.18 Å². The molecule has 0 saturated carbocycles. The van der Waals surface area contributed by atoms with Crippen molar-refractivity contribution in [1.82, 2.24) is 29.1 Å². The molecule has 1 N–H and O–H groups in total. The first-order valence-electron chi connectivity index (χ1n) is 8.00. The van der Waals surface area contributed by atoms with E-state index in [0.717, 1.165) is 4.40 Å². The van der Waals surface area contributed by atoms with Crippen LogP contribution in [-0.4, -0.2) is 29.7 Å². The molecule has 1 atom stereocenters. The lowest BCUT2D eigenvalue weighted by Crippen LogP contribution is -2.29. The van der Waals surface area contributed by atoms with Crippen LogP contribution in [0.4, 0.5) is 4.39 Å². The normalized spacial score (nSPS) is 12.6. The minimum atomic E-state index is -0.758. The summed E-state index contributed by atoms with van der Waals surface area (Å²) in [4.78, 5) is 25.2. The summed E-state index contributed by atoms with van der Waals surface area (Å²) in [7, 11) is 0. The fourth-order valence-corrected chi connectivity index (χ4v) is 2.92. The van der Waals surface area contributed by atoms with Crippen LogP contribution in [0.1, 0.15) is 35.6 Å². The second-order valence-electron chi connectivity index (χ2n) is 5.75. The van der Waals surface area contributed by atoms with Crippen molar-refractivity contribution < 1.29 is 9.18 Å². The first-order valence-corrected chi connectivity index (χ1v) is 8.38. The van der Waals surface area contributed by atoms with Gasteiger partial charge in [-0.15, -0.1) is 0 Å². The second kappa shape index (κ2) is 6.38. The molecule has 26 heavy (non-hydrogen) atoms. The maximum Gasteiger partial charge on any atom is 0.275 e. The number of pyridine rings is 1. The quantitative estimate of drug-likeness (QED) is 0.597. The molecule has 0 spiro atoms. The Morgan fingerprint density at radius 2 is 2.19 bits per heavy atom. The van der Waals surface area contributed by atoms with Crippen molar-refractivity contribution >= 4 is 28.9 Å². The second-order valence-corrected chi connectivity index (χ2v) is 6.19. The van der Waals surface area contributed by atoms with Gasteiger partial charge in [-0.2, -0.15) is 4.39 Å².